The van der Waals surface area contributed by atoms with E-state index in [1.165, 1.54) is 0 Å². The van der Waals surface area contributed by atoms with Gasteiger partial charge in [0.25, 0.3) is 0 Å². The second-order valence-corrected chi connectivity index (χ2v) is 9.24. The highest BCUT2D eigenvalue weighted by atomic mass is 32.2. The molecule has 2 aromatic rings. The Morgan fingerprint density at radius 1 is 1.06 bits per heavy atom. The van der Waals surface area contributed by atoms with Crippen molar-refractivity contribution in [1.82, 2.24) is 10.2 Å². The molecule has 1 aliphatic heterocycles. The Morgan fingerprint density at radius 3 is 2.35 bits per heavy atom. The predicted octanol–water partition coefficient (Wildman–Crippen LogP) is 2.08. The minimum Gasteiger partial charge on any atom is -0.457 e. The van der Waals surface area contributed by atoms with Crippen molar-refractivity contribution < 1.29 is 22.7 Å². The lowest BCUT2D eigenvalue weighted by molar-refractivity contribution is -0.119. The fourth-order valence-corrected chi connectivity index (χ4v) is 4.10. The van der Waals surface area contributed by atoms with Crippen LogP contribution >= 0.6 is 0 Å². The molecule has 168 valence electrons. The zero-order valence-electron chi connectivity index (χ0n) is 17.7. The topological polar surface area (TPSA) is 88.2 Å². The van der Waals surface area contributed by atoms with Crippen LogP contribution in [0, 0.1) is 0 Å². The van der Waals surface area contributed by atoms with E-state index in [0.29, 0.717) is 23.7 Å². The Balaban J connectivity index is 1.53. The van der Waals surface area contributed by atoms with Crippen molar-refractivity contribution in [2.24, 2.45) is 0 Å². The molecular formula is C22H29N3O5S. The number of benzene rings is 2. The smallest absolute Gasteiger partial charge is 0.240 e. The normalized spacial score (nSPS) is 14.7. The number of rotatable bonds is 10. The minimum atomic E-state index is -3.62. The third kappa shape index (κ3) is 7.54. The summed E-state index contributed by atoms with van der Waals surface area (Å²) in [5.74, 6) is 0.930. The monoisotopic (exact) mass is 447 g/mol. The number of carbonyl (C=O) groups excluding carboxylic acids is 1. The molecule has 0 saturated carbocycles. The van der Waals surface area contributed by atoms with E-state index in [2.05, 4.69) is 10.2 Å². The lowest BCUT2D eigenvalue weighted by Crippen LogP contribution is -2.41. The maximum Gasteiger partial charge on any atom is 0.240 e. The first-order valence-corrected chi connectivity index (χ1v) is 12.1. The minimum absolute atomic E-state index is 0.269. The van der Waals surface area contributed by atoms with Crippen molar-refractivity contribution >= 4 is 21.6 Å². The average Bonchev–Trinajstić information content (AvgIpc) is 2.76. The number of nitrogens with one attached hydrogen (secondary N) is 1. The van der Waals surface area contributed by atoms with Crippen molar-refractivity contribution in [3.63, 3.8) is 0 Å². The molecule has 1 N–H and O–H groups in total. The molecule has 9 heteroatoms. The van der Waals surface area contributed by atoms with Crippen LogP contribution in [0.3, 0.4) is 0 Å². The van der Waals surface area contributed by atoms with Crippen LogP contribution in [-0.2, 0) is 19.6 Å². The molecule has 0 radical (unpaired) electrons. The molecule has 1 saturated heterocycles. The highest BCUT2D eigenvalue weighted by Gasteiger charge is 2.21. The SMILES string of the molecule is CS(=O)(=O)N(CC(=O)NCCCN1CCOCC1)c1ccc(Oc2ccccc2)cc1. The van der Waals surface area contributed by atoms with Gasteiger partial charge in [-0.15, -0.1) is 0 Å². The number of hydrogen-bond acceptors (Lipinski definition) is 6. The van der Waals surface area contributed by atoms with E-state index in [0.717, 1.165) is 49.8 Å². The quantitative estimate of drug-likeness (QED) is 0.561. The van der Waals surface area contributed by atoms with E-state index in [9.17, 15) is 13.2 Å². The second-order valence-electron chi connectivity index (χ2n) is 7.34. The lowest BCUT2D eigenvalue weighted by atomic mass is 10.3. The van der Waals surface area contributed by atoms with Gasteiger partial charge in [-0.25, -0.2) is 8.42 Å². The van der Waals surface area contributed by atoms with Gasteiger partial charge in [-0.05, 0) is 49.4 Å². The van der Waals surface area contributed by atoms with E-state index in [1.54, 1.807) is 24.3 Å². The summed E-state index contributed by atoms with van der Waals surface area (Å²) in [7, 11) is -3.62. The first-order valence-electron chi connectivity index (χ1n) is 10.3. The van der Waals surface area contributed by atoms with Gasteiger partial charge in [-0.1, -0.05) is 18.2 Å². The van der Waals surface area contributed by atoms with Crippen LogP contribution in [0.15, 0.2) is 54.6 Å². The summed E-state index contributed by atoms with van der Waals surface area (Å²) in [5.41, 5.74) is 0.409. The molecular weight excluding hydrogens is 418 g/mol. The van der Waals surface area contributed by atoms with E-state index < -0.39 is 10.0 Å². The van der Waals surface area contributed by atoms with E-state index in [-0.39, 0.29) is 12.5 Å². The molecule has 0 aliphatic carbocycles. The fourth-order valence-electron chi connectivity index (χ4n) is 3.25. The summed E-state index contributed by atoms with van der Waals surface area (Å²) < 4.78 is 36.7. The molecule has 31 heavy (non-hydrogen) atoms. The fraction of sp³-hybridized carbons (Fsp3) is 0.409. The highest BCUT2D eigenvalue weighted by molar-refractivity contribution is 7.92. The molecule has 0 bridgehead atoms. The summed E-state index contributed by atoms with van der Waals surface area (Å²) >= 11 is 0. The number of para-hydroxylation sites is 1. The van der Waals surface area contributed by atoms with Crippen LogP contribution in [0.4, 0.5) is 5.69 Å². The predicted molar refractivity (Wildman–Crippen MR) is 120 cm³/mol. The number of sulfonamides is 1. The molecule has 0 aromatic heterocycles. The van der Waals surface area contributed by atoms with Gasteiger partial charge in [0, 0.05) is 19.6 Å². The largest absolute Gasteiger partial charge is 0.457 e. The van der Waals surface area contributed by atoms with Crippen molar-refractivity contribution in [3.8, 4) is 11.5 Å². The molecule has 1 fully saturated rings. The van der Waals surface area contributed by atoms with Gasteiger partial charge >= 0.3 is 0 Å². The Bertz CT molecular complexity index is 929. The number of hydrogen-bond donors (Lipinski definition) is 1. The molecule has 2 aromatic carbocycles. The molecule has 3 rings (SSSR count). The van der Waals surface area contributed by atoms with Crippen molar-refractivity contribution in [3.05, 3.63) is 54.6 Å². The van der Waals surface area contributed by atoms with Gasteiger partial charge in [-0.3, -0.25) is 14.0 Å². The zero-order chi connectivity index (χ0) is 22.1. The maximum absolute atomic E-state index is 12.4. The lowest BCUT2D eigenvalue weighted by Gasteiger charge is -2.26. The first kappa shape index (κ1) is 23.1. The summed E-state index contributed by atoms with van der Waals surface area (Å²) in [4.78, 5) is 14.6. The first-order chi connectivity index (χ1) is 14.9. The molecule has 0 spiro atoms. The van der Waals surface area contributed by atoms with E-state index in [1.807, 2.05) is 30.3 Å². The van der Waals surface area contributed by atoms with E-state index >= 15 is 0 Å². The van der Waals surface area contributed by atoms with Crippen LogP contribution < -0.4 is 14.4 Å². The third-order valence-corrected chi connectivity index (χ3v) is 6.01. The number of amides is 1. The maximum atomic E-state index is 12.4. The molecule has 8 nitrogen and oxygen atoms in total. The van der Waals surface area contributed by atoms with Gasteiger partial charge in [0.15, 0.2) is 0 Å². The van der Waals surface area contributed by atoms with Crippen LogP contribution in [0.25, 0.3) is 0 Å². The van der Waals surface area contributed by atoms with Crippen LogP contribution in [0.5, 0.6) is 11.5 Å². The Hall–Kier alpha value is -2.62. The summed E-state index contributed by atoms with van der Waals surface area (Å²) in [5, 5.41) is 2.81. The van der Waals surface area contributed by atoms with Crippen LogP contribution in [-0.4, -0.2) is 71.4 Å². The van der Waals surface area contributed by atoms with Crippen LogP contribution in [0.1, 0.15) is 6.42 Å². The second kappa shape index (κ2) is 11.1. The molecule has 0 unspecified atom stereocenters. The van der Waals surface area contributed by atoms with Gasteiger partial charge in [0.05, 0.1) is 25.2 Å². The molecule has 0 atom stereocenters. The average molecular weight is 448 g/mol. The van der Waals surface area contributed by atoms with Crippen molar-refractivity contribution in [1.29, 1.82) is 0 Å². The van der Waals surface area contributed by atoms with Gasteiger partial charge in [0.2, 0.25) is 15.9 Å². The van der Waals surface area contributed by atoms with Gasteiger partial charge in [-0.2, -0.15) is 0 Å². The highest BCUT2D eigenvalue weighted by Crippen LogP contribution is 2.25. The standard InChI is InChI=1S/C22H29N3O5S/c1-31(27,28)25(18-22(26)23-12-5-13-24-14-16-29-17-15-24)19-8-10-21(11-9-19)30-20-6-3-2-4-7-20/h2-4,6-11H,5,12-18H2,1H3,(H,23,26). The van der Waals surface area contributed by atoms with E-state index in [4.69, 9.17) is 9.47 Å². The number of anilines is 1. The number of carbonyl (C=O) groups is 1. The Kier molecular flexibility index (Phi) is 8.27. The number of nitrogens with zero attached hydrogens (tertiary/aromatic N) is 2. The summed E-state index contributed by atoms with van der Waals surface area (Å²) in [6.45, 7) is 4.39. The zero-order valence-corrected chi connectivity index (χ0v) is 18.5. The summed E-state index contributed by atoms with van der Waals surface area (Å²) in [6, 6.07) is 15.9. The molecule has 1 heterocycles. The Morgan fingerprint density at radius 2 is 1.71 bits per heavy atom. The summed E-state index contributed by atoms with van der Waals surface area (Å²) in [6.07, 6.45) is 1.89. The molecule has 1 aliphatic rings. The van der Waals surface area contributed by atoms with Gasteiger partial charge in [0.1, 0.15) is 18.0 Å². The van der Waals surface area contributed by atoms with Crippen molar-refractivity contribution in [2.45, 2.75) is 6.42 Å². The van der Waals surface area contributed by atoms with Crippen LogP contribution in [0.2, 0.25) is 0 Å². The third-order valence-electron chi connectivity index (χ3n) is 4.87. The number of ether oxygens (including phenoxy) is 2. The Labute approximate surface area is 183 Å². The molecule has 1 amide bonds. The van der Waals surface area contributed by atoms with Gasteiger partial charge < -0.3 is 14.8 Å². The van der Waals surface area contributed by atoms with Crippen molar-refractivity contribution in [2.75, 3.05) is 56.5 Å². The number of morpholine rings is 1.